The van der Waals surface area contributed by atoms with E-state index in [2.05, 4.69) is 4.98 Å². The predicted octanol–water partition coefficient (Wildman–Crippen LogP) is 2.00. The predicted molar refractivity (Wildman–Crippen MR) is 52.1 cm³/mol. The van der Waals surface area contributed by atoms with Gasteiger partial charge in [0.25, 0.3) is 0 Å². The van der Waals surface area contributed by atoms with Crippen LogP contribution in [0.2, 0.25) is 0 Å². The summed E-state index contributed by atoms with van der Waals surface area (Å²) in [6.07, 6.45) is 0.757. The van der Waals surface area contributed by atoms with Gasteiger partial charge in [-0.15, -0.1) is 11.3 Å². The lowest BCUT2D eigenvalue weighted by atomic mass is 10.0. The zero-order valence-corrected chi connectivity index (χ0v) is 8.63. The van der Waals surface area contributed by atoms with Crippen LogP contribution in [0.15, 0.2) is 10.9 Å². The molecule has 0 bridgehead atoms. The van der Waals surface area contributed by atoms with Crippen molar-refractivity contribution in [3.63, 3.8) is 0 Å². The molecule has 1 atom stereocenters. The van der Waals surface area contributed by atoms with Crippen LogP contribution in [0.5, 0.6) is 0 Å². The topological polar surface area (TPSA) is 39.2 Å². The number of hydrogen-bond acceptors (Lipinski definition) is 4. The highest BCUT2D eigenvalue weighted by Crippen LogP contribution is 2.11. The monoisotopic (exact) mass is 199 g/mol. The van der Waals surface area contributed by atoms with E-state index in [1.807, 2.05) is 6.92 Å². The Labute approximate surface area is 81.8 Å². The van der Waals surface area contributed by atoms with Gasteiger partial charge in [0.2, 0.25) is 0 Å². The van der Waals surface area contributed by atoms with Crippen LogP contribution in [0.25, 0.3) is 0 Å². The molecule has 1 unspecified atom stereocenters. The average molecular weight is 199 g/mol. The maximum absolute atomic E-state index is 11.6. The fraction of sp³-hybridized carbons (Fsp3) is 0.556. The van der Waals surface area contributed by atoms with Gasteiger partial charge in [0.05, 0.1) is 5.51 Å². The van der Waals surface area contributed by atoms with E-state index in [0.29, 0.717) is 12.3 Å². The van der Waals surface area contributed by atoms with E-state index in [1.165, 1.54) is 11.3 Å². The van der Waals surface area contributed by atoms with E-state index in [4.69, 9.17) is 4.74 Å². The Morgan fingerprint density at radius 2 is 2.54 bits per heavy atom. The molecule has 1 aromatic rings. The maximum atomic E-state index is 11.6. The Morgan fingerprint density at radius 1 is 1.77 bits per heavy atom. The van der Waals surface area contributed by atoms with Crippen LogP contribution >= 0.6 is 11.3 Å². The zero-order chi connectivity index (χ0) is 9.68. The Morgan fingerprint density at radius 3 is 3.08 bits per heavy atom. The molecular weight excluding hydrogens is 186 g/mol. The second kappa shape index (κ2) is 5.09. The highest BCUT2D eigenvalue weighted by atomic mass is 32.1. The quantitative estimate of drug-likeness (QED) is 0.681. The number of hydrogen-bond donors (Lipinski definition) is 0. The standard InChI is InChI=1S/C9H13NO2S/c1-7(3-4-12-2)9(11)8-5-13-6-10-8/h5-7H,3-4H2,1-2H3. The molecule has 0 N–H and O–H groups in total. The highest BCUT2D eigenvalue weighted by molar-refractivity contribution is 7.07. The number of thiazole rings is 1. The van der Waals surface area contributed by atoms with E-state index in [9.17, 15) is 4.79 Å². The van der Waals surface area contributed by atoms with E-state index >= 15 is 0 Å². The van der Waals surface area contributed by atoms with Gasteiger partial charge in [0.1, 0.15) is 5.69 Å². The van der Waals surface area contributed by atoms with E-state index in [1.54, 1.807) is 18.0 Å². The Hall–Kier alpha value is -0.740. The Balaban J connectivity index is 2.48. The minimum absolute atomic E-state index is 0.00190. The van der Waals surface area contributed by atoms with E-state index < -0.39 is 0 Å². The van der Waals surface area contributed by atoms with E-state index in [0.717, 1.165) is 6.42 Å². The normalized spacial score (nSPS) is 12.8. The van der Waals surface area contributed by atoms with Crippen molar-refractivity contribution in [1.29, 1.82) is 0 Å². The molecule has 0 aromatic carbocycles. The van der Waals surface area contributed by atoms with Crippen LogP contribution in [0.3, 0.4) is 0 Å². The summed E-state index contributed by atoms with van der Waals surface area (Å²) >= 11 is 1.45. The molecule has 1 heterocycles. The second-order valence-corrected chi connectivity index (χ2v) is 3.64. The van der Waals surface area contributed by atoms with Gasteiger partial charge in [-0.3, -0.25) is 4.79 Å². The molecule has 0 fully saturated rings. The molecule has 0 spiro atoms. The second-order valence-electron chi connectivity index (χ2n) is 2.92. The summed E-state index contributed by atoms with van der Waals surface area (Å²) in [6.45, 7) is 2.53. The highest BCUT2D eigenvalue weighted by Gasteiger charge is 2.15. The first-order chi connectivity index (χ1) is 6.25. The molecule has 0 saturated carbocycles. The molecule has 0 aliphatic carbocycles. The molecular formula is C9H13NO2S. The van der Waals surface area contributed by atoms with Crippen LogP contribution < -0.4 is 0 Å². The third-order valence-corrected chi connectivity index (χ3v) is 2.47. The minimum Gasteiger partial charge on any atom is -0.385 e. The van der Waals surface area contributed by atoms with Crippen LogP contribution in [-0.2, 0) is 4.74 Å². The van der Waals surface area contributed by atoms with Gasteiger partial charge < -0.3 is 4.74 Å². The fourth-order valence-corrected chi connectivity index (χ4v) is 1.55. The summed E-state index contributed by atoms with van der Waals surface area (Å²) in [5, 5.41) is 1.78. The molecule has 0 saturated heterocycles. The van der Waals surface area contributed by atoms with Gasteiger partial charge in [0.15, 0.2) is 5.78 Å². The van der Waals surface area contributed by atoms with Gasteiger partial charge in [0, 0.05) is 25.0 Å². The molecule has 0 amide bonds. The van der Waals surface area contributed by atoms with Crippen molar-refractivity contribution in [2.24, 2.45) is 5.92 Å². The first-order valence-electron chi connectivity index (χ1n) is 4.17. The van der Waals surface area contributed by atoms with Crippen molar-refractivity contribution in [1.82, 2.24) is 4.98 Å². The number of rotatable bonds is 5. The molecule has 3 nitrogen and oxygen atoms in total. The van der Waals surface area contributed by atoms with Crippen molar-refractivity contribution in [2.45, 2.75) is 13.3 Å². The van der Waals surface area contributed by atoms with Crippen molar-refractivity contribution in [3.05, 3.63) is 16.6 Å². The smallest absolute Gasteiger partial charge is 0.184 e. The van der Waals surface area contributed by atoms with Crippen molar-refractivity contribution in [3.8, 4) is 0 Å². The molecule has 1 rings (SSSR count). The third kappa shape index (κ3) is 2.90. The molecule has 13 heavy (non-hydrogen) atoms. The number of aromatic nitrogens is 1. The molecule has 0 aliphatic heterocycles. The Kier molecular flexibility index (Phi) is 4.05. The number of ether oxygens (including phenoxy) is 1. The molecule has 1 aromatic heterocycles. The lowest BCUT2D eigenvalue weighted by molar-refractivity contribution is 0.0889. The first-order valence-corrected chi connectivity index (χ1v) is 5.11. The summed E-state index contributed by atoms with van der Waals surface area (Å²) in [4.78, 5) is 15.6. The van der Waals surface area contributed by atoms with E-state index in [-0.39, 0.29) is 11.7 Å². The van der Waals surface area contributed by atoms with Gasteiger partial charge in [-0.05, 0) is 6.42 Å². The number of carbonyl (C=O) groups excluding carboxylic acids is 1. The molecule has 0 radical (unpaired) electrons. The Bertz CT molecular complexity index is 259. The van der Waals surface area contributed by atoms with Gasteiger partial charge in [-0.1, -0.05) is 6.92 Å². The molecule has 0 aliphatic rings. The average Bonchev–Trinajstić information content (AvgIpc) is 2.65. The largest absolute Gasteiger partial charge is 0.385 e. The molecule has 4 heteroatoms. The lowest BCUT2D eigenvalue weighted by Gasteiger charge is -2.06. The number of carbonyl (C=O) groups is 1. The summed E-state index contributed by atoms with van der Waals surface area (Å²) in [6, 6.07) is 0. The van der Waals surface area contributed by atoms with Gasteiger partial charge in [-0.25, -0.2) is 4.98 Å². The van der Waals surface area contributed by atoms with Crippen LogP contribution in [0, 0.1) is 5.92 Å². The van der Waals surface area contributed by atoms with Crippen LogP contribution in [0.1, 0.15) is 23.8 Å². The fourth-order valence-electron chi connectivity index (χ4n) is 1.01. The summed E-state index contributed by atoms with van der Waals surface area (Å²) in [7, 11) is 1.64. The van der Waals surface area contributed by atoms with Crippen molar-refractivity contribution >= 4 is 17.1 Å². The SMILES string of the molecule is COCCC(C)C(=O)c1cscn1. The summed E-state index contributed by atoms with van der Waals surface area (Å²) in [5.41, 5.74) is 2.25. The lowest BCUT2D eigenvalue weighted by Crippen LogP contribution is -2.13. The van der Waals surface area contributed by atoms with Gasteiger partial charge in [-0.2, -0.15) is 0 Å². The number of methoxy groups -OCH3 is 1. The maximum Gasteiger partial charge on any atom is 0.184 e. The van der Waals surface area contributed by atoms with Crippen LogP contribution in [-0.4, -0.2) is 24.5 Å². The zero-order valence-electron chi connectivity index (χ0n) is 7.82. The first kappa shape index (κ1) is 10.3. The third-order valence-electron chi connectivity index (χ3n) is 1.89. The van der Waals surface area contributed by atoms with Crippen molar-refractivity contribution in [2.75, 3.05) is 13.7 Å². The summed E-state index contributed by atoms with van der Waals surface area (Å²) in [5.74, 6) is 0.111. The minimum atomic E-state index is 0.00190. The number of Topliss-reactive ketones (excluding diaryl/α,β-unsaturated/α-hetero) is 1. The molecule has 72 valence electrons. The number of ketones is 1. The van der Waals surface area contributed by atoms with Gasteiger partial charge >= 0.3 is 0 Å². The summed E-state index contributed by atoms with van der Waals surface area (Å²) < 4.78 is 4.91. The van der Waals surface area contributed by atoms with Crippen molar-refractivity contribution < 1.29 is 9.53 Å². The van der Waals surface area contributed by atoms with Crippen LogP contribution in [0.4, 0.5) is 0 Å². The number of nitrogens with zero attached hydrogens (tertiary/aromatic N) is 1.